The van der Waals surface area contributed by atoms with Gasteiger partial charge in [-0.25, -0.2) is 0 Å². The Morgan fingerprint density at radius 2 is 0.957 bits per heavy atom. The summed E-state index contributed by atoms with van der Waals surface area (Å²) in [5.41, 5.74) is 0.0544. The molecular weight excluding hydrogens is 438 g/mol. The molecule has 2 aromatic carbocycles. The minimum Gasteiger partial charge on any atom is -0.545 e. The van der Waals surface area contributed by atoms with Crippen LogP contribution in [0, 0.1) is 0 Å². The van der Waals surface area contributed by atoms with Gasteiger partial charge in [0.05, 0.1) is 32.0 Å². The van der Waals surface area contributed by atoms with Crippen molar-refractivity contribution in [2.45, 2.75) is 0 Å². The standard InChI is InChI=1S/2C7H4Cl2O2.Cu/c2*8-5-2-1-4(7(10)11)3-6(5)9;/h2*1-3H,(H,10,11);/q;;+2/p-2. The molecule has 0 bridgehead atoms. The summed E-state index contributed by atoms with van der Waals surface area (Å²) in [5, 5.41) is 21.6. The Morgan fingerprint density at radius 1 is 0.652 bits per heavy atom. The van der Waals surface area contributed by atoms with Gasteiger partial charge in [-0.1, -0.05) is 58.5 Å². The fourth-order valence-electron chi connectivity index (χ4n) is 1.25. The number of halogens is 4. The largest absolute Gasteiger partial charge is 2.00 e. The van der Waals surface area contributed by atoms with Crippen LogP contribution in [0.5, 0.6) is 0 Å². The molecule has 0 unspecified atom stereocenters. The third-order valence-electron chi connectivity index (χ3n) is 2.31. The molecule has 125 valence electrons. The molecule has 23 heavy (non-hydrogen) atoms. The summed E-state index contributed by atoms with van der Waals surface area (Å²) in [6.07, 6.45) is 0. The Morgan fingerprint density at radius 3 is 1.17 bits per heavy atom. The van der Waals surface area contributed by atoms with Gasteiger partial charge >= 0.3 is 17.1 Å². The van der Waals surface area contributed by atoms with Gasteiger partial charge in [-0.15, -0.1) is 0 Å². The van der Waals surface area contributed by atoms with Crippen molar-refractivity contribution in [1.29, 1.82) is 0 Å². The van der Waals surface area contributed by atoms with Gasteiger partial charge in [-0.05, 0) is 35.4 Å². The number of benzene rings is 2. The van der Waals surface area contributed by atoms with Crippen LogP contribution in [0.1, 0.15) is 20.7 Å². The molecule has 0 saturated heterocycles. The molecule has 2 aromatic rings. The van der Waals surface area contributed by atoms with Gasteiger partial charge < -0.3 is 19.8 Å². The Hall–Kier alpha value is -0.941. The molecule has 0 aliphatic heterocycles. The summed E-state index contributed by atoms with van der Waals surface area (Å²) < 4.78 is 0. The molecule has 0 atom stereocenters. The van der Waals surface area contributed by atoms with E-state index in [4.69, 9.17) is 46.4 Å². The topological polar surface area (TPSA) is 80.3 Å². The van der Waals surface area contributed by atoms with Gasteiger partial charge in [0, 0.05) is 0 Å². The fourth-order valence-corrected chi connectivity index (χ4v) is 1.84. The Bertz CT molecular complexity index is 660. The number of carboxylic acids is 2. The smallest absolute Gasteiger partial charge is 0.545 e. The van der Waals surface area contributed by atoms with Crippen LogP contribution < -0.4 is 10.2 Å². The van der Waals surface area contributed by atoms with E-state index >= 15 is 0 Å². The van der Waals surface area contributed by atoms with Crippen LogP contribution in [0.2, 0.25) is 20.1 Å². The SMILES string of the molecule is O=C([O-])c1ccc(Cl)c(Cl)c1.O=C([O-])c1ccc(Cl)c(Cl)c1.[Cu+2]. The number of carbonyl (C=O) groups excluding carboxylic acids is 2. The van der Waals surface area contributed by atoms with Crippen LogP contribution in [0.3, 0.4) is 0 Å². The summed E-state index contributed by atoms with van der Waals surface area (Å²) in [7, 11) is 0. The zero-order valence-corrected chi connectivity index (χ0v) is 14.9. The van der Waals surface area contributed by atoms with E-state index in [1.54, 1.807) is 0 Å². The Labute approximate surface area is 162 Å². The van der Waals surface area contributed by atoms with Gasteiger partial charge in [0.25, 0.3) is 0 Å². The van der Waals surface area contributed by atoms with E-state index in [0.717, 1.165) is 0 Å². The molecule has 0 spiro atoms. The third-order valence-corrected chi connectivity index (χ3v) is 3.79. The van der Waals surface area contributed by atoms with Crippen LogP contribution in [0.4, 0.5) is 0 Å². The van der Waals surface area contributed by atoms with Gasteiger partial charge in [0.1, 0.15) is 0 Å². The monoisotopic (exact) mass is 441 g/mol. The summed E-state index contributed by atoms with van der Waals surface area (Å²) in [6.45, 7) is 0. The van der Waals surface area contributed by atoms with Crippen LogP contribution in [-0.4, -0.2) is 11.9 Å². The molecule has 0 saturated carbocycles. The molecule has 0 fully saturated rings. The van der Waals surface area contributed by atoms with Crippen LogP contribution in [0.25, 0.3) is 0 Å². The molecule has 0 N–H and O–H groups in total. The zero-order valence-electron chi connectivity index (χ0n) is 10.9. The van der Waals surface area contributed by atoms with E-state index in [1.807, 2.05) is 0 Å². The molecule has 9 heteroatoms. The number of rotatable bonds is 2. The van der Waals surface area contributed by atoms with Crippen molar-refractivity contribution in [3.63, 3.8) is 0 Å². The number of hydrogen-bond acceptors (Lipinski definition) is 4. The number of carboxylic acid groups (broad SMARTS) is 2. The predicted octanol–water partition coefficient (Wildman–Crippen LogP) is 2.71. The summed E-state index contributed by atoms with van der Waals surface area (Å²) in [4.78, 5) is 20.5. The summed E-state index contributed by atoms with van der Waals surface area (Å²) in [5.74, 6) is -2.52. The van der Waals surface area contributed by atoms with E-state index < -0.39 is 11.9 Å². The first-order chi connectivity index (χ1) is 10.2. The average molecular weight is 444 g/mol. The second-order valence-electron chi connectivity index (χ2n) is 3.83. The maximum absolute atomic E-state index is 10.3. The summed E-state index contributed by atoms with van der Waals surface area (Å²) in [6, 6.07) is 8.00. The maximum Gasteiger partial charge on any atom is 2.00 e. The Kier molecular flexibility index (Phi) is 9.62. The summed E-state index contributed by atoms with van der Waals surface area (Å²) >= 11 is 22.1. The van der Waals surface area contributed by atoms with Gasteiger partial charge in [0.15, 0.2) is 0 Å². The van der Waals surface area contributed by atoms with Gasteiger partial charge in [-0.3, -0.25) is 0 Å². The van der Waals surface area contributed by atoms with E-state index in [0.29, 0.717) is 10.0 Å². The van der Waals surface area contributed by atoms with E-state index in [2.05, 4.69) is 0 Å². The normalized spacial score (nSPS) is 9.22. The molecule has 0 heterocycles. The predicted molar refractivity (Wildman–Crippen MR) is 81.6 cm³/mol. The Balaban J connectivity index is 0.000000403. The number of carbonyl (C=O) groups is 2. The minimum absolute atomic E-state index is 0. The molecule has 0 aliphatic rings. The fraction of sp³-hybridized carbons (Fsp3) is 0. The van der Waals surface area contributed by atoms with E-state index in [-0.39, 0.29) is 38.2 Å². The molecule has 0 amide bonds. The van der Waals surface area contributed by atoms with E-state index in [9.17, 15) is 19.8 Å². The molecule has 1 radical (unpaired) electrons. The van der Waals surface area contributed by atoms with Crippen LogP contribution in [0.15, 0.2) is 36.4 Å². The second-order valence-corrected chi connectivity index (χ2v) is 5.46. The van der Waals surface area contributed by atoms with Crippen LogP contribution in [-0.2, 0) is 17.1 Å². The van der Waals surface area contributed by atoms with E-state index in [1.165, 1.54) is 36.4 Å². The quantitative estimate of drug-likeness (QED) is 0.669. The number of hydrogen-bond donors (Lipinski definition) is 0. The zero-order chi connectivity index (χ0) is 16.9. The van der Waals surface area contributed by atoms with Crippen LogP contribution >= 0.6 is 46.4 Å². The van der Waals surface area contributed by atoms with Gasteiger partial charge in [-0.2, -0.15) is 0 Å². The molecule has 2 rings (SSSR count). The number of aromatic carboxylic acids is 2. The molecule has 0 aliphatic carbocycles. The van der Waals surface area contributed by atoms with Crippen molar-refractivity contribution in [2.24, 2.45) is 0 Å². The van der Waals surface area contributed by atoms with Crippen molar-refractivity contribution in [2.75, 3.05) is 0 Å². The van der Waals surface area contributed by atoms with Gasteiger partial charge in [0.2, 0.25) is 0 Å². The molecule has 0 aromatic heterocycles. The second kappa shape index (κ2) is 10.0. The first kappa shape index (κ1) is 22.1. The van der Waals surface area contributed by atoms with Crippen molar-refractivity contribution in [3.8, 4) is 0 Å². The average Bonchev–Trinajstić information content (AvgIpc) is 2.45. The third kappa shape index (κ3) is 7.00. The minimum atomic E-state index is -1.26. The van der Waals surface area contributed by atoms with Crippen molar-refractivity contribution in [3.05, 3.63) is 67.6 Å². The van der Waals surface area contributed by atoms with Crippen molar-refractivity contribution in [1.82, 2.24) is 0 Å². The first-order valence-electron chi connectivity index (χ1n) is 5.55. The van der Waals surface area contributed by atoms with Crippen molar-refractivity contribution >= 4 is 58.3 Å². The molecule has 4 nitrogen and oxygen atoms in total. The molecular formula is C14H6Cl4CuO4. The van der Waals surface area contributed by atoms with Crippen molar-refractivity contribution < 1.29 is 36.9 Å². The first-order valence-corrected chi connectivity index (χ1v) is 7.06. The maximum atomic E-state index is 10.3.